The van der Waals surface area contributed by atoms with Crippen molar-refractivity contribution in [2.45, 2.75) is 39.8 Å². The van der Waals surface area contributed by atoms with Crippen molar-refractivity contribution >= 4 is 34.7 Å². The molecule has 0 aliphatic carbocycles. The number of rotatable bonds is 7. The van der Waals surface area contributed by atoms with Crippen LogP contribution < -0.4 is 10.1 Å². The number of hydrogen-bond donors (Lipinski definition) is 1. The first-order chi connectivity index (χ1) is 13.9. The Labute approximate surface area is 182 Å². The average molecular weight is 429 g/mol. The summed E-state index contributed by atoms with van der Waals surface area (Å²) in [5, 5.41) is 4.66. The van der Waals surface area contributed by atoms with E-state index in [1.807, 2.05) is 60.4 Å². The van der Waals surface area contributed by atoms with Gasteiger partial charge in [-0.15, -0.1) is 0 Å². The Morgan fingerprint density at radius 2 is 2.00 bits per heavy atom. The van der Waals surface area contributed by atoms with Crippen molar-refractivity contribution in [1.29, 1.82) is 0 Å². The van der Waals surface area contributed by atoms with Gasteiger partial charge in [-0.3, -0.25) is 4.79 Å². The number of carbonyl (C=O) groups is 1. The van der Waals surface area contributed by atoms with E-state index in [9.17, 15) is 4.79 Å². The van der Waals surface area contributed by atoms with Crippen LogP contribution in [0.25, 0.3) is 0 Å². The lowest BCUT2D eigenvalue weighted by molar-refractivity contribution is -0.114. The van der Waals surface area contributed by atoms with Crippen LogP contribution >= 0.6 is 23.8 Å². The molecule has 0 saturated heterocycles. The largest absolute Gasteiger partial charge is 0.489 e. The molecule has 0 radical (unpaired) electrons. The third kappa shape index (κ3) is 4.80. The number of carbonyl (C=O) groups excluding carboxylic acids is 1. The van der Waals surface area contributed by atoms with Crippen molar-refractivity contribution in [3.8, 4) is 5.75 Å². The second kappa shape index (κ2) is 9.42. The van der Waals surface area contributed by atoms with Gasteiger partial charge < -0.3 is 15.0 Å². The Hall–Kier alpha value is -2.37. The summed E-state index contributed by atoms with van der Waals surface area (Å²) >= 11 is 11.8. The summed E-state index contributed by atoms with van der Waals surface area (Å²) < 4.78 is 5.96. The van der Waals surface area contributed by atoms with Crippen LogP contribution in [0.5, 0.6) is 5.75 Å². The second-order valence-electron chi connectivity index (χ2n) is 7.04. The van der Waals surface area contributed by atoms with E-state index in [2.05, 4.69) is 12.2 Å². The molecule has 1 unspecified atom stereocenters. The van der Waals surface area contributed by atoms with Crippen LogP contribution in [0, 0.1) is 0 Å². The van der Waals surface area contributed by atoms with Gasteiger partial charge >= 0.3 is 0 Å². The third-order valence-electron chi connectivity index (χ3n) is 4.97. The topological polar surface area (TPSA) is 41.6 Å². The molecule has 0 aromatic heterocycles. The fourth-order valence-corrected chi connectivity index (χ4v) is 4.08. The number of ether oxygens (including phenoxy) is 1. The fourth-order valence-electron chi connectivity index (χ4n) is 3.54. The van der Waals surface area contributed by atoms with Gasteiger partial charge in [0.15, 0.2) is 10.9 Å². The first-order valence-electron chi connectivity index (χ1n) is 9.68. The van der Waals surface area contributed by atoms with Gasteiger partial charge in [0.2, 0.25) is 0 Å². The zero-order chi connectivity index (χ0) is 21.0. The molecule has 1 N–H and O–H groups in total. The first-order valence-corrected chi connectivity index (χ1v) is 10.5. The van der Waals surface area contributed by atoms with E-state index in [0.717, 1.165) is 35.4 Å². The van der Waals surface area contributed by atoms with Gasteiger partial charge in [0.25, 0.3) is 0 Å². The van der Waals surface area contributed by atoms with Crippen molar-refractivity contribution in [3.63, 3.8) is 0 Å². The first kappa shape index (κ1) is 21.3. The SMILES string of the molecule is CCCN1C(=S)NC(c2cccc(OCc3ccccc3Cl)c2)C(C(C)=O)=C1C. The van der Waals surface area contributed by atoms with Gasteiger partial charge in [-0.2, -0.15) is 0 Å². The smallest absolute Gasteiger partial charge is 0.173 e. The molecule has 2 aromatic rings. The van der Waals surface area contributed by atoms with Crippen LogP contribution in [0.4, 0.5) is 0 Å². The minimum absolute atomic E-state index is 0.0333. The molecule has 6 heteroatoms. The van der Waals surface area contributed by atoms with Gasteiger partial charge in [0.1, 0.15) is 12.4 Å². The van der Waals surface area contributed by atoms with Crippen LogP contribution in [0.1, 0.15) is 44.4 Å². The highest BCUT2D eigenvalue weighted by molar-refractivity contribution is 7.80. The number of nitrogens with one attached hydrogen (secondary N) is 1. The highest BCUT2D eigenvalue weighted by Crippen LogP contribution is 2.33. The standard InChI is InChI=1S/C23H25ClN2O2S/c1-4-12-26-15(2)21(16(3)27)22(25-23(26)29)17-9-7-10-19(13-17)28-14-18-8-5-6-11-20(18)24/h5-11,13,22H,4,12,14H2,1-3H3,(H,25,29). The number of halogens is 1. The molecular formula is C23H25ClN2O2S. The van der Waals surface area contributed by atoms with E-state index in [1.54, 1.807) is 6.92 Å². The maximum Gasteiger partial charge on any atom is 0.173 e. The number of Topliss-reactive ketones (excluding diaryl/α,β-unsaturated/α-hetero) is 1. The van der Waals surface area contributed by atoms with Gasteiger partial charge in [-0.1, -0.05) is 48.9 Å². The molecule has 0 fully saturated rings. The number of benzene rings is 2. The molecule has 1 aliphatic rings. The Bertz CT molecular complexity index is 957. The van der Waals surface area contributed by atoms with Crippen LogP contribution in [0.15, 0.2) is 59.8 Å². The summed E-state index contributed by atoms with van der Waals surface area (Å²) in [6, 6.07) is 15.1. The normalized spacial score (nSPS) is 16.6. The molecule has 0 amide bonds. The van der Waals surface area contributed by atoms with E-state index in [-0.39, 0.29) is 11.8 Å². The molecular weight excluding hydrogens is 404 g/mol. The summed E-state index contributed by atoms with van der Waals surface area (Å²) in [6.07, 6.45) is 0.945. The number of ketones is 1. The van der Waals surface area contributed by atoms with E-state index < -0.39 is 0 Å². The lowest BCUT2D eigenvalue weighted by Crippen LogP contribution is -2.47. The van der Waals surface area contributed by atoms with Crippen LogP contribution in [-0.4, -0.2) is 22.3 Å². The van der Waals surface area contributed by atoms with E-state index in [0.29, 0.717) is 22.5 Å². The number of allylic oxidation sites excluding steroid dienone is 1. The molecule has 0 bridgehead atoms. The molecule has 29 heavy (non-hydrogen) atoms. The molecule has 0 spiro atoms. The van der Waals surface area contributed by atoms with Crippen LogP contribution in [-0.2, 0) is 11.4 Å². The van der Waals surface area contributed by atoms with Crippen molar-refractivity contribution in [2.24, 2.45) is 0 Å². The lowest BCUT2D eigenvalue weighted by Gasteiger charge is -2.37. The highest BCUT2D eigenvalue weighted by atomic mass is 35.5. The fraction of sp³-hybridized carbons (Fsp3) is 0.304. The minimum atomic E-state index is -0.294. The van der Waals surface area contributed by atoms with Crippen LogP contribution in [0.2, 0.25) is 5.02 Å². The monoisotopic (exact) mass is 428 g/mol. The molecule has 152 valence electrons. The van der Waals surface area contributed by atoms with Crippen molar-refractivity contribution in [2.75, 3.05) is 6.54 Å². The van der Waals surface area contributed by atoms with Gasteiger partial charge in [0, 0.05) is 28.4 Å². The van der Waals surface area contributed by atoms with Gasteiger partial charge in [-0.25, -0.2) is 0 Å². The summed E-state index contributed by atoms with van der Waals surface area (Å²) in [7, 11) is 0. The zero-order valence-electron chi connectivity index (χ0n) is 16.9. The summed E-state index contributed by atoms with van der Waals surface area (Å²) in [6.45, 7) is 6.81. The Morgan fingerprint density at radius 1 is 1.24 bits per heavy atom. The molecule has 1 atom stereocenters. The molecule has 1 heterocycles. The van der Waals surface area contributed by atoms with E-state index >= 15 is 0 Å². The zero-order valence-corrected chi connectivity index (χ0v) is 18.4. The summed E-state index contributed by atoms with van der Waals surface area (Å²) in [5.41, 5.74) is 3.50. The molecule has 3 rings (SSSR count). The quantitative estimate of drug-likeness (QED) is 0.596. The molecule has 2 aromatic carbocycles. The second-order valence-corrected chi connectivity index (χ2v) is 7.84. The number of hydrogen-bond acceptors (Lipinski definition) is 3. The lowest BCUT2D eigenvalue weighted by atomic mass is 9.92. The van der Waals surface area contributed by atoms with Gasteiger partial charge in [0.05, 0.1) is 6.04 Å². The van der Waals surface area contributed by atoms with Crippen LogP contribution in [0.3, 0.4) is 0 Å². The Balaban J connectivity index is 1.88. The third-order valence-corrected chi connectivity index (χ3v) is 5.67. The average Bonchev–Trinajstić information content (AvgIpc) is 2.70. The summed E-state index contributed by atoms with van der Waals surface area (Å²) in [4.78, 5) is 14.5. The molecule has 1 aliphatic heterocycles. The predicted molar refractivity (Wildman–Crippen MR) is 121 cm³/mol. The van der Waals surface area contributed by atoms with Crippen molar-refractivity contribution in [3.05, 3.63) is 76.0 Å². The van der Waals surface area contributed by atoms with E-state index in [1.165, 1.54) is 0 Å². The maximum atomic E-state index is 12.5. The molecule has 4 nitrogen and oxygen atoms in total. The molecule has 0 saturated carbocycles. The predicted octanol–water partition coefficient (Wildman–Crippen LogP) is 5.42. The maximum absolute atomic E-state index is 12.5. The minimum Gasteiger partial charge on any atom is -0.489 e. The summed E-state index contributed by atoms with van der Waals surface area (Å²) in [5.74, 6) is 0.748. The van der Waals surface area contributed by atoms with Gasteiger partial charge in [-0.05, 0) is 56.2 Å². The van der Waals surface area contributed by atoms with Crippen molar-refractivity contribution < 1.29 is 9.53 Å². The van der Waals surface area contributed by atoms with E-state index in [4.69, 9.17) is 28.6 Å². The number of thiocarbonyl (C=S) groups is 1. The highest BCUT2D eigenvalue weighted by Gasteiger charge is 2.31. The van der Waals surface area contributed by atoms with Crippen molar-refractivity contribution in [1.82, 2.24) is 10.2 Å². The Morgan fingerprint density at radius 3 is 2.69 bits per heavy atom. The Kier molecular flexibility index (Phi) is 6.93. The number of nitrogens with zero attached hydrogens (tertiary/aromatic N) is 1.